The number of nitrogens with zero attached hydrogens (tertiary/aromatic N) is 6. The molecular formula is C61H75Cl2F3N8O4. The zero-order valence-electron chi connectivity index (χ0n) is 45.9. The molecule has 6 heterocycles. The van der Waals surface area contributed by atoms with Crippen LogP contribution in [0.1, 0.15) is 75.4 Å². The highest BCUT2D eigenvalue weighted by atomic mass is 35.5. The van der Waals surface area contributed by atoms with Gasteiger partial charge in [0.05, 0.1) is 35.9 Å². The summed E-state index contributed by atoms with van der Waals surface area (Å²) in [6.07, 6.45) is 2.74. The lowest BCUT2D eigenvalue weighted by atomic mass is 9.54. The summed E-state index contributed by atoms with van der Waals surface area (Å²) >= 11 is 13.3. The van der Waals surface area contributed by atoms with Crippen LogP contribution >= 0.6 is 23.2 Å². The molecule has 2 N–H and O–H groups in total. The predicted octanol–water partition coefficient (Wildman–Crippen LogP) is 10.4. The number of ether oxygens (including phenoxy) is 3. The van der Waals surface area contributed by atoms with Gasteiger partial charge in [0, 0.05) is 103 Å². The summed E-state index contributed by atoms with van der Waals surface area (Å²) in [6, 6.07) is 26.9. The highest BCUT2D eigenvalue weighted by molar-refractivity contribution is 6.31. The van der Waals surface area contributed by atoms with Gasteiger partial charge in [-0.3, -0.25) is 24.4 Å². The van der Waals surface area contributed by atoms with Crippen molar-refractivity contribution in [3.8, 4) is 28.5 Å². The number of methoxy groups -OCH3 is 1. The van der Waals surface area contributed by atoms with Crippen molar-refractivity contribution in [2.45, 2.75) is 140 Å². The van der Waals surface area contributed by atoms with E-state index in [2.05, 4.69) is 112 Å². The van der Waals surface area contributed by atoms with Crippen LogP contribution in [0, 0.1) is 16.7 Å². The molecule has 5 aliphatic heterocycles. The van der Waals surface area contributed by atoms with Crippen LogP contribution in [0.15, 0.2) is 97.2 Å². The number of benzene rings is 4. The van der Waals surface area contributed by atoms with Crippen molar-refractivity contribution in [2.24, 2.45) is 23.8 Å². The Balaban J connectivity index is 1.01. The maximum atomic E-state index is 17.6. The maximum absolute atomic E-state index is 17.6. The number of hydrogen-bond donors (Lipinski definition) is 2. The summed E-state index contributed by atoms with van der Waals surface area (Å²) in [7, 11) is 8.19. The van der Waals surface area contributed by atoms with Crippen LogP contribution in [0.2, 0.25) is 10.0 Å². The Bertz CT molecular complexity index is 2940. The summed E-state index contributed by atoms with van der Waals surface area (Å²) in [6.45, 7) is 11.3. The molecule has 7 unspecified atom stereocenters. The topological polar surface area (TPSA) is 99.6 Å². The molecule has 1 aromatic heterocycles. The molecule has 418 valence electrons. The minimum Gasteiger partial charge on any atom is -0.457 e. The van der Waals surface area contributed by atoms with Crippen LogP contribution in [0.25, 0.3) is 11.3 Å². The van der Waals surface area contributed by atoms with Crippen LogP contribution in [-0.4, -0.2) is 143 Å². The number of hydrogen-bond acceptors (Lipinski definition) is 11. The SMILES string of the molecule is CCC12C(=O)C34C5C[C@H](Cc6ccc(Cl)cc6)N(C)C3[C@@H](COC)NC4[C@H](C)N(Cc3ccc(Cl)cc3Oc3ccc(-c4cnc(CN6CCCC6)n4C)cc3)C1C[C@@H](Cc1cccc(OC(F)(F)F)c1)C2N(C)[C@@H](C)CN5. The maximum Gasteiger partial charge on any atom is 0.573 e. The average molecular weight is 1110 g/mol. The molecule has 1 aliphatic carbocycles. The van der Waals surface area contributed by atoms with E-state index >= 15 is 4.79 Å². The lowest BCUT2D eigenvalue weighted by Gasteiger charge is -2.57. The number of imidazole rings is 1. The monoisotopic (exact) mass is 1110 g/mol. The van der Waals surface area contributed by atoms with E-state index in [1.54, 1.807) is 13.2 Å². The third-order valence-corrected chi connectivity index (χ3v) is 19.8. The fraction of sp³-hybridized carbons (Fsp3) is 0.541. The van der Waals surface area contributed by atoms with Gasteiger partial charge in [-0.1, -0.05) is 60.5 Å². The van der Waals surface area contributed by atoms with Crippen molar-refractivity contribution in [2.75, 3.05) is 47.4 Å². The van der Waals surface area contributed by atoms with Crippen molar-refractivity contribution in [1.82, 2.24) is 39.8 Å². The van der Waals surface area contributed by atoms with Crippen molar-refractivity contribution >= 4 is 29.0 Å². The van der Waals surface area contributed by atoms with Gasteiger partial charge < -0.3 is 29.4 Å². The molecule has 17 heteroatoms. The first-order chi connectivity index (χ1) is 37.4. The summed E-state index contributed by atoms with van der Waals surface area (Å²) in [5.41, 5.74) is 3.04. The Morgan fingerprint density at radius 1 is 0.833 bits per heavy atom. The molecule has 78 heavy (non-hydrogen) atoms. The van der Waals surface area contributed by atoms with Crippen LogP contribution in [0.4, 0.5) is 13.2 Å². The van der Waals surface area contributed by atoms with Crippen molar-refractivity contribution in [1.29, 1.82) is 0 Å². The first kappa shape index (κ1) is 55.4. The van der Waals surface area contributed by atoms with E-state index in [4.69, 9.17) is 37.7 Å². The molecule has 6 aliphatic rings. The van der Waals surface area contributed by atoms with E-state index < -0.39 is 17.2 Å². The number of aromatic nitrogens is 2. The molecule has 12 atom stereocenters. The second-order valence-electron chi connectivity index (χ2n) is 23.4. The van der Waals surface area contributed by atoms with Crippen LogP contribution in [-0.2, 0) is 42.5 Å². The number of carbonyl (C=O) groups is 1. The molecular weight excluding hydrogens is 1040 g/mol. The van der Waals surface area contributed by atoms with Gasteiger partial charge in [-0.25, -0.2) is 4.98 Å². The normalized spacial score (nSPS) is 31.7. The average Bonchev–Trinajstić information content (AvgIpc) is 4.35. The first-order valence-corrected chi connectivity index (χ1v) is 28.8. The summed E-state index contributed by atoms with van der Waals surface area (Å²) in [5, 5.41) is 9.54. The summed E-state index contributed by atoms with van der Waals surface area (Å²) < 4.78 is 60.8. The summed E-state index contributed by atoms with van der Waals surface area (Å²) in [5.74, 6) is 2.22. The molecule has 4 aromatic carbocycles. The third kappa shape index (κ3) is 9.99. The highest BCUT2D eigenvalue weighted by Gasteiger charge is 2.77. The largest absolute Gasteiger partial charge is 0.573 e. The molecule has 5 saturated heterocycles. The van der Waals surface area contributed by atoms with Gasteiger partial charge >= 0.3 is 6.36 Å². The molecule has 12 nitrogen and oxygen atoms in total. The second-order valence-corrected chi connectivity index (χ2v) is 24.3. The van der Waals surface area contributed by atoms with Gasteiger partial charge in [-0.05, 0) is 164 Å². The van der Waals surface area contributed by atoms with Gasteiger partial charge in [-0.2, -0.15) is 0 Å². The quantitative estimate of drug-likeness (QED) is 0.105. The van der Waals surface area contributed by atoms with E-state index in [-0.39, 0.29) is 71.8 Å². The van der Waals surface area contributed by atoms with Crippen molar-refractivity contribution in [3.63, 3.8) is 0 Å². The lowest BCUT2D eigenvalue weighted by Crippen LogP contribution is -2.73. The summed E-state index contributed by atoms with van der Waals surface area (Å²) in [4.78, 5) is 32.4. The lowest BCUT2D eigenvalue weighted by molar-refractivity contribution is -0.274. The number of rotatable bonds is 15. The number of piperidine rings is 1. The molecule has 0 radical (unpaired) electrons. The number of Topliss-reactive ketones (excluding diaryl/α,β-unsaturated/α-hetero) is 1. The smallest absolute Gasteiger partial charge is 0.457 e. The third-order valence-electron chi connectivity index (χ3n) is 19.3. The fourth-order valence-corrected chi connectivity index (χ4v) is 16.1. The first-order valence-electron chi connectivity index (χ1n) is 28.0. The Labute approximate surface area is 467 Å². The van der Waals surface area contributed by atoms with Crippen molar-refractivity contribution < 1.29 is 32.2 Å². The number of carbonyl (C=O) groups excluding carboxylic acids is 1. The Kier molecular flexibility index (Phi) is 15.7. The van der Waals surface area contributed by atoms with Gasteiger partial charge in [0.1, 0.15) is 23.1 Å². The van der Waals surface area contributed by atoms with Gasteiger partial charge in [0.25, 0.3) is 0 Å². The van der Waals surface area contributed by atoms with E-state index in [0.717, 1.165) is 60.7 Å². The number of halogens is 5. The van der Waals surface area contributed by atoms with E-state index in [1.807, 2.05) is 48.7 Å². The van der Waals surface area contributed by atoms with E-state index in [1.165, 1.54) is 30.5 Å². The zero-order chi connectivity index (χ0) is 54.8. The predicted molar refractivity (Wildman–Crippen MR) is 299 cm³/mol. The Hall–Kier alpha value is -4.55. The molecule has 2 bridgehead atoms. The van der Waals surface area contributed by atoms with Gasteiger partial charge in [-0.15, -0.1) is 13.2 Å². The minimum absolute atomic E-state index is 0.00301. The number of likely N-dealkylation sites (tertiary alicyclic amines) is 3. The van der Waals surface area contributed by atoms with Crippen LogP contribution in [0.3, 0.4) is 0 Å². The molecule has 11 rings (SSSR count). The molecule has 5 aromatic rings. The van der Waals surface area contributed by atoms with Crippen LogP contribution < -0.4 is 20.1 Å². The zero-order valence-corrected chi connectivity index (χ0v) is 47.4. The van der Waals surface area contributed by atoms with E-state index in [9.17, 15) is 13.2 Å². The number of ketones is 1. The standard InChI is InChI=1S/C61H75Cl2F3N8O4/c1-8-59-53-29-43(26-40-12-11-13-48(28-40)78-61(64,65)66)56(59)70(4)37(2)32-67-52-31-46(27-39-14-19-44(62)20-15-39)71(5)57-49(36-76-7)69-55(60(52,57)58(59)75)38(3)74(53)34-42-16-21-45(63)30-51(42)77-47-22-17-41(18-23-47)50-33-68-54(72(50)6)35-73-24-9-10-25-73/h11-23,28,30,33,37-38,43,46,49,52-53,55-57,67,69H,8-10,24-27,29,31-32,34-36H2,1-7H3/t37-,38-,43+,46-,49+,52?,53?,55?,56?,57?,59?,60?/m0/s1. The molecule has 1 saturated carbocycles. The van der Waals surface area contributed by atoms with E-state index in [0.29, 0.717) is 60.5 Å². The number of likely N-dealkylation sites (N-methyl/N-ethyl adjacent to an activating group) is 2. The molecule has 0 amide bonds. The highest BCUT2D eigenvalue weighted by Crippen LogP contribution is 2.63. The molecule has 1 spiro atoms. The van der Waals surface area contributed by atoms with Gasteiger partial charge in [0.15, 0.2) is 5.78 Å². The van der Waals surface area contributed by atoms with Crippen molar-refractivity contribution in [3.05, 3.63) is 130 Å². The van der Waals surface area contributed by atoms with Gasteiger partial charge in [0.2, 0.25) is 0 Å². The Morgan fingerprint density at radius 2 is 1.58 bits per heavy atom. The van der Waals surface area contributed by atoms with Crippen LogP contribution in [0.5, 0.6) is 17.2 Å². The molecule has 6 fully saturated rings. The number of alkyl halides is 3. The number of nitrogens with one attached hydrogen (secondary N) is 2. The minimum atomic E-state index is -4.83. The fourth-order valence-electron chi connectivity index (χ4n) is 15.8. The second kappa shape index (κ2) is 22.1. The Morgan fingerprint density at radius 3 is 2.29 bits per heavy atom.